The number of hydrogen-bond donors (Lipinski definition) is 1. The normalized spacial score (nSPS) is 16.0. The van der Waals surface area contributed by atoms with Crippen LogP contribution in [0, 0.1) is 0 Å². The van der Waals surface area contributed by atoms with Crippen LogP contribution >= 0.6 is 0 Å². The third-order valence-corrected chi connectivity index (χ3v) is 4.21. The molecule has 2 heterocycles. The maximum absolute atomic E-state index is 9.37. The number of phenolic OH excluding ortho intramolecular Hbond substituents is 1. The second-order valence-electron chi connectivity index (χ2n) is 5.99. The van der Waals surface area contributed by atoms with E-state index in [0.29, 0.717) is 11.6 Å². The summed E-state index contributed by atoms with van der Waals surface area (Å²) in [6.07, 6.45) is 3.14. The Bertz CT molecular complexity index is 603. The van der Waals surface area contributed by atoms with Crippen molar-refractivity contribution in [1.29, 1.82) is 0 Å². The van der Waals surface area contributed by atoms with Gasteiger partial charge in [-0.25, -0.2) is 0 Å². The van der Waals surface area contributed by atoms with E-state index >= 15 is 0 Å². The molecule has 1 aromatic heterocycles. The molecular formula is C17H24N4O2. The van der Waals surface area contributed by atoms with Gasteiger partial charge in [-0.15, -0.1) is 0 Å². The van der Waals surface area contributed by atoms with Gasteiger partial charge >= 0.3 is 0 Å². The minimum absolute atomic E-state index is 0.308. The maximum atomic E-state index is 9.37. The third kappa shape index (κ3) is 4.22. The van der Waals surface area contributed by atoms with Gasteiger partial charge in [-0.1, -0.05) is 18.5 Å². The fourth-order valence-corrected chi connectivity index (χ4v) is 2.81. The van der Waals surface area contributed by atoms with Gasteiger partial charge in [0.2, 0.25) is 5.89 Å². The minimum atomic E-state index is 0.308. The number of phenols is 1. The van der Waals surface area contributed by atoms with Crippen molar-refractivity contribution in [2.45, 2.75) is 32.7 Å². The van der Waals surface area contributed by atoms with E-state index in [9.17, 15) is 5.11 Å². The number of aromatic hydroxyl groups is 1. The average Bonchev–Trinajstić information content (AvgIpc) is 3.02. The molecule has 3 rings (SSSR count). The number of rotatable bonds is 6. The van der Waals surface area contributed by atoms with Crippen molar-refractivity contribution < 1.29 is 9.63 Å². The lowest BCUT2D eigenvalue weighted by atomic mass is 10.2. The molecule has 1 aliphatic heterocycles. The Labute approximate surface area is 136 Å². The van der Waals surface area contributed by atoms with Gasteiger partial charge in [0.15, 0.2) is 5.82 Å². The number of unbranched alkanes of at least 4 members (excludes halogenated alkanes) is 1. The molecule has 2 aromatic rings. The predicted octanol–water partition coefficient (Wildman–Crippen LogP) is 2.44. The standard InChI is InChI=1S/C17H24N4O2/c1-2-3-4-16-18-17(23-19-16)13-20-9-11-21(12-10-20)14-5-7-15(22)8-6-14/h5-8,22H,2-4,9-13H2,1H3. The van der Waals surface area contributed by atoms with Crippen LogP contribution in [0.3, 0.4) is 0 Å². The molecule has 23 heavy (non-hydrogen) atoms. The Balaban J connectivity index is 1.49. The molecule has 1 aromatic carbocycles. The molecule has 0 atom stereocenters. The van der Waals surface area contributed by atoms with Crippen LogP contribution < -0.4 is 4.90 Å². The molecule has 0 bridgehead atoms. The molecule has 1 N–H and O–H groups in total. The lowest BCUT2D eigenvalue weighted by Crippen LogP contribution is -2.46. The SMILES string of the molecule is CCCCc1noc(CN2CCN(c3ccc(O)cc3)CC2)n1. The summed E-state index contributed by atoms with van der Waals surface area (Å²) in [7, 11) is 0. The van der Waals surface area contributed by atoms with Gasteiger partial charge in [0, 0.05) is 38.3 Å². The first-order chi connectivity index (χ1) is 11.2. The highest BCUT2D eigenvalue weighted by Crippen LogP contribution is 2.20. The third-order valence-electron chi connectivity index (χ3n) is 4.21. The number of aromatic nitrogens is 2. The molecule has 0 aliphatic carbocycles. The second kappa shape index (κ2) is 7.46. The molecule has 124 valence electrons. The average molecular weight is 316 g/mol. The summed E-state index contributed by atoms with van der Waals surface area (Å²) in [5, 5.41) is 13.4. The highest BCUT2D eigenvalue weighted by atomic mass is 16.5. The summed E-state index contributed by atoms with van der Waals surface area (Å²) in [4.78, 5) is 9.14. The smallest absolute Gasteiger partial charge is 0.240 e. The van der Waals surface area contributed by atoms with Crippen LogP contribution in [0.4, 0.5) is 5.69 Å². The van der Waals surface area contributed by atoms with Crippen molar-refractivity contribution >= 4 is 5.69 Å². The monoisotopic (exact) mass is 316 g/mol. The summed E-state index contributed by atoms with van der Waals surface area (Å²) >= 11 is 0. The fraction of sp³-hybridized carbons (Fsp3) is 0.529. The topological polar surface area (TPSA) is 65.6 Å². The Hall–Kier alpha value is -2.08. The summed E-state index contributed by atoms with van der Waals surface area (Å²) in [5.74, 6) is 1.85. The number of hydrogen-bond acceptors (Lipinski definition) is 6. The zero-order valence-corrected chi connectivity index (χ0v) is 13.6. The van der Waals surface area contributed by atoms with Crippen LogP contribution in [0.1, 0.15) is 31.5 Å². The molecule has 6 nitrogen and oxygen atoms in total. The van der Waals surface area contributed by atoms with E-state index in [1.54, 1.807) is 12.1 Å². The zero-order valence-electron chi connectivity index (χ0n) is 13.6. The van der Waals surface area contributed by atoms with Crippen LogP contribution in [0.2, 0.25) is 0 Å². The van der Waals surface area contributed by atoms with Crippen LogP contribution in [0.5, 0.6) is 5.75 Å². The van der Waals surface area contributed by atoms with Crippen molar-refractivity contribution in [3.05, 3.63) is 36.0 Å². The van der Waals surface area contributed by atoms with E-state index in [-0.39, 0.29) is 0 Å². The van der Waals surface area contributed by atoms with Crippen LogP contribution in [-0.4, -0.2) is 46.3 Å². The van der Waals surface area contributed by atoms with Crippen molar-refractivity contribution in [2.24, 2.45) is 0 Å². The lowest BCUT2D eigenvalue weighted by Gasteiger charge is -2.35. The zero-order chi connectivity index (χ0) is 16.1. The Morgan fingerprint density at radius 3 is 2.57 bits per heavy atom. The first-order valence-corrected chi connectivity index (χ1v) is 8.32. The van der Waals surface area contributed by atoms with Gasteiger partial charge in [-0.05, 0) is 30.7 Å². The summed E-state index contributed by atoms with van der Waals surface area (Å²) in [5.41, 5.74) is 1.15. The lowest BCUT2D eigenvalue weighted by molar-refractivity contribution is 0.215. The maximum Gasteiger partial charge on any atom is 0.240 e. The predicted molar refractivity (Wildman–Crippen MR) is 88.5 cm³/mol. The summed E-state index contributed by atoms with van der Waals surface area (Å²) < 4.78 is 5.34. The van der Waals surface area contributed by atoms with E-state index in [1.807, 2.05) is 12.1 Å². The number of anilines is 1. The second-order valence-corrected chi connectivity index (χ2v) is 5.99. The van der Waals surface area contributed by atoms with E-state index in [1.165, 1.54) is 0 Å². The molecule has 0 unspecified atom stereocenters. The van der Waals surface area contributed by atoms with E-state index in [0.717, 1.165) is 63.5 Å². The molecule has 6 heteroatoms. The molecule has 0 radical (unpaired) electrons. The van der Waals surface area contributed by atoms with Gasteiger partial charge in [0.25, 0.3) is 0 Å². The summed E-state index contributed by atoms with van der Waals surface area (Å²) in [6.45, 7) is 6.74. The molecule has 1 aliphatic rings. The highest BCUT2D eigenvalue weighted by molar-refractivity contribution is 5.49. The number of nitrogens with zero attached hydrogens (tertiary/aromatic N) is 4. The largest absolute Gasteiger partial charge is 0.508 e. The molecular weight excluding hydrogens is 292 g/mol. The van der Waals surface area contributed by atoms with Crippen molar-refractivity contribution in [1.82, 2.24) is 15.0 Å². The Morgan fingerprint density at radius 1 is 1.13 bits per heavy atom. The van der Waals surface area contributed by atoms with Crippen molar-refractivity contribution in [3.8, 4) is 5.75 Å². The van der Waals surface area contributed by atoms with Crippen LogP contribution in [0.15, 0.2) is 28.8 Å². The molecule has 0 saturated carbocycles. The van der Waals surface area contributed by atoms with E-state index in [4.69, 9.17) is 4.52 Å². The number of piperazine rings is 1. The van der Waals surface area contributed by atoms with Gasteiger partial charge in [0.1, 0.15) is 5.75 Å². The Morgan fingerprint density at radius 2 is 1.87 bits per heavy atom. The van der Waals surface area contributed by atoms with E-state index < -0.39 is 0 Å². The molecule has 1 fully saturated rings. The van der Waals surface area contributed by atoms with Gasteiger partial charge in [-0.2, -0.15) is 4.98 Å². The number of aryl methyl sites for hydroxylation is 1. The van der Waals surface area contributed by atoms with Gasteiger partial charge in [0.05, 0.1) is 6.54 Å². The first kappa shape index (κ1) is 15.8. The Kier molecular flexibility index (Phi) is 5.12. The van der Waals surface area contributed by atoms with E-state index in [2.05, 4.69) is 26.9 Å². The minimum Gasteiger partial charge on any atom is -0.508 e. The van der Waals surface area contributed by atoms with Crippen LogP contribution in [0.25, 0.3) is 0 Å². The molecule has 0 amide bonds. The van der Waals surface area contributed by atoms with Crippen molar-refractivity contribution in [2.75, 3.05) is 31.1 Å². The first-order valence-electron chi connectivity index (χ1n) is 8.32. The van der Waals surface area contributed by atoms with Gasteiger partial charge in [-0.3, -0.25) is 4.90 Å². The fourth-order valence-electron chi connectivity index (χ4n) is 2.81. The number of benzene rings is 1. The quantitative estimate of drug-likeness (QED) is 0.883. The molecule has 0 spiro atoms. The molecule has 1 saturated heterocycles. The van der Waals surface area contributed by atoms with Gasteiger partial charge < -0.3 is 14.5 Å². The van der Waals surface area contributed by atoms with Crippen molar-refractivity contribution in [3.63, 3.8) is 0 Å². The van der Waals surface area contributed by atoms with Crippen LogP contribution in [-0.2, 0) is 13.0 Å². The highest BCUT2D eigenvalue weighted by Gasteiger charge is 2.19. The summed E-state index contributed by atoms with van der Waals surface area (Å²) in [6, 6.07) is 7.39.